The summed E-state index contributed by atoms with van der Waals surface area (Å²) in [5.74, 6) is 0.298. The van der Waals surface area contributed by atoms with Crippen molar-refractivity contribution < 1.29 is 13.2 Å². The predicted molar refractivity (Wildman–Crippen MR) is 116 cm³/mol. The van der Waals surface area contributed by atoms with Crippen molar-refractivity contribution in [3.8, 4) is 5.75 Å². The maximum atomic E-state index is 13.6. The van der Waals surface area contributed by atoms with Gasteiger partial charge in [0.15, 0.2) is 0 Å². The van der Waals surface area contributed by atoms with E-state index >= 15 is 0 Å². The Morgan fingerprint density at radius 3 is 2.54 bits per heavy atom. The van der Waals surface area contributed by atoms with Crippen LogP contribution in [0.25, 0.3) is 10.9 Å². The molecule has 6 nitrogen and oxygen atoms in total. The SMILES string of the molecule is COc1ccc(Br)cc1S(=O)(=O)N(CCN(C)C)c1cnc2ccccc2c1. The fraction of sp³-hybridized carbons (Fsp3) is 0.250. The molecule has 0 aliphatic rings. The number of ether oxygens (including phenoxy) is 1. The fourth-order valence-corrected chi connectivity index (χ4v) is 4.98. The van der Waals surface area contributed by atoms with E-state index in [0.717, 1.165) is 10.9 Å². The molecule has 0 aliphatic carbocycles. The van der Waals surface area contributed by atoms with Gasteiger partial charge in [-0.15, -0.1) is 0 Å². The Hall–Kier alpha value is -2.16. The number of hydrogen-bond acceptors (Lipinski definition) is 5. The third-order valence-corrected chi connectivity index (χ3v) is 6.65. The molecule has 28 heavy (non-hydrogen) atoms. The molecular formula is C20H22BrN3O3S. The largest absolute Gasteiger partial charge is 0.495 e. The highest BCUT2D eigenvalue weighted by molar-refractivity contribution is 9.10. The van der Waals surface area contributed by atoms with Gasteiger partial charge in [0, 0.05) is 22.9 Å². The molecule has 0 atom stereocenters. The Balaban J connectivity index is 2.14. The fourth-order valence-electron chi connectivity index (χ4n) is 2.85. The predicted octanol–water partition coefficient (Wildman–Crippen LogP) is 3.76. The molecule has 0 aliphatic heterocycles. The summed E-state index contributed by atoms with van der Waals surface area (Å²) in [6.07, 6.45) is 1.60. The number of halogens is 1. The number of sulfonamides is 1. The number of para-hydroxylation sites is 1. The van der Waals surface area contributed by atoms with Gasteiger partial charge in [0.05, 0.1) is 24.5 Å². The molecule has 1 aromatic heterocycles. The van der Waals surface area contributed by atoms with E-state index < -0.39 is 10.0 Å². The first-order valence-corrected chi connectivity index (χ1v) is 10.9. The minimum absolute atomic E-state index is 0.108. The number of pyridine rings is 1. The zero-order chi connectivity index (χ0) is 20.3. The Morgan fingerprint density at radius 1 is 1.07 bits per heavy atom. The summed E-state index contributed by atoms with van der Waals surface area (Å²) in [5.41, 5.74) is 1.33. The van der Waals surface area contributed by atoms with Gasteiger partial charge in [-0.25, -0.2) is 8.42 Å². The first-order valence-electron chi connectivity index (χ1n) is 8.69. The van der Waals surface area contributed by atoms with Gasteiger partial charge in [-0.1, -0.05) is 34.1 Å². The minimum atomic E-state index is -3.87. The van der Waals surface area contributed by atoms with Crippen LogP contribution in [0.2, 0.25) is 0 Å². The summed E-state index contributed by atoms with van der Waals surface area (Å²) < 4.78 is 34.5. The van der Waals surface area contributed by atoms with Gasteiger partial charge in [-0.05, 0) is 44.4 Å². The van der Waals surface area contributed by atoms with Crippen molar-refractivity contribution in [1.82, 2.24) is 9.88 Å². The van der Waals surface area contributed by atoms with Crippen molar-refractivity contribution in [1.29, 1.82) is 0 Å². The molecule has 1 heterocycles. The second-order valence-electron chi connectivity index (χ2n) is 6.56. The summed E-state index contributed by atoms with van der Waals surface area (Å²) in [4.78, 5) is 6.48. The lowest BCUT2D eigenvalue weighted by atomic mass is 10.2. The maximum Gasteiger partial charge on any atom is 0.268 e. The van der Waals surface area contributed by atoms with Gasteiger partial charge < -0.3 is 9.64 Å². The third kappa shape index (κ3) is 4.29. The first-order chi connectivity index (χ1) is 13.3. The van der Waals surface area contributed by atoms with Crippen LogP contribution in [0, 0.1) is 0 Å². The van der Waals surface area contributed by atoms with Gasteiger partial charge >= 0.3 is 0 Å². The molecule has 148 valence electrons. The summed E-state index contributed by atoms with van der Waals surface area (Å²) in [5, 5.41) is 0.881. The Morgan fingerprint density at radius 2 is 1.82 bits per heavy atom. The van der Waals surface area contributed by atoms with E-state index in [9.17, 15) is 8.42 Å². The van der Waals surface area contributed by atoms with Gasteiger partial charge in [-0.2, -0.15) is 0 Å². The van der Waals surface area contributed by atoms with Crippen LogP contribution >= 0.6 is 15.9 Å². The quantitative estimate of drug-likeness (QED) is 0.533. The molecule has 3 rings (SSSR count). The normalized spacial score (nSPS) is 11.8. The molecule has 0 fully saturated rings. The van der Waals surface area contributed by atoms with Crippen LogP contribution < -0.4 is 9.04 Å². The number of rotatable bonds is 7. The molecule has 0 unspecified atom stereocenters. The van der Waals surface area contributed by atoms with E-state index in [-0.39, 0.29) is 11.4 Å². The van der Waals surface area contributed by atoms with Crippen molar-refractivity contribution >= 4 is 42.5 Å². The van der Waals surface area contributed by atoms with Crippen LogP contribution in [0.5, 0.6) is 5.75 Å². The lowest BCUT2D eigenvalue weighted by Gasteiger charge is -2.26. The molecule has 0 amide bonds. The summed E-state index contributed by atoms with van der Waals surface area (Å²) >= 11 is 3.36. The highest BCUT2D eigenvalue weighted by atomic mass is 79.9. The molecule has 0 radical (unpaired) electrons. The van der Waals surface area contributed by atoms with E-state index in [0.29, 0.717) is 22.5 Å². The number of nitrogens with zero attached hydrogens (tertiary/aromatic N) is 3. The van der Waals surface area contributed by atoms with E-state index in [1.54, 1.807) is 24.4 Å². The summed E-state index contributed by atoms with van der Waals surface area (Å²) in [6, 6.07) is 14.4. The molecule has 8 heteroatoms. The van der Waals surface area contributed by atoms with Gasteiger partial charge in [-0.3, -0.25) is 9.29 Å². The Kier molecular flexibility index (Phi) is 6.22. The van der Waals surface area contributed by atoms with Crippen LogP contribution in [-0.2, 0) is 10.0 Å². The second-order valence-corrected chi connectivity index (χ2v) is 9.31. The number of aromatic nitrogens is 1. The molecule has 0 spiro atoms. The van der Waals surface area contributed by atoms with Crippen LogP contribution in [0.15, 0.2) is 64.1 Å². The lowest BCUT2D eigenvalue weighted by molar-refractivity contribution is 0.401. The smallest absolute Gasteiger partial charge is 0.268 e. The van der Waals surface area contributed by atoms with Crippen LogP contribution in [0.3, 0.4) is 0 Å². The second kappa shape index (κ2) is 8.46. The molecule has 0 saturated heterocycles. The number of hydrogen-bond donors (Lipinski definition) is 0. The zero-order valence-electron chi connectivity index (χ0n) is 16.0. The third-order valence-electron chi connectivity index (χ3n) is 4.31. The summed E-state index contributed by atoms with van der Waals surface area (Å²) in [7, 11) is 1.40. The molecule has 3 aromatic rings. The number of fused-ring (bicyclic) bond motifs is 1. The topological polar surface area (TPSA) is 62.7 Å². The van der Waals surface area contributed by atoms with Gasteiger partial charge in [0.1, 0.15) is 10.6 Å². The summed E-state index contributed by atoms with van der Waals surface area (Å²) in [6.45, 7) is 0.841. The number of methoxy groups -OCH3 is 1. The zero-order valence-corrected chi connectivity index (χ0v) is 18.4. The van der Waals surface area contributed by atoms with Crippen LogP contribution in [-0.4, -0.2) is 52.6 Å². The van der Waals surface area contributed by atoms with Crippen molar-refractivity contribution in [2.75, 3.05) is 38.6 Å². The van der Waals surface area contributed by atoms with Crippen molar-refractivity contribution in [3.63, 3.8) is 0 Å². The van der Waals surface area contributed by atoms with E-state index in [1.165, 1.54) is 11.4 Å². The van der Waals surface area contributed by atoms with Gasteiger partial charge in [0.25, 0.3) is 10.0 Å². The van der Waals surface area contributed by atoms with Crippen molar-refractivity contribution in [3.05, 3.63) is 59.2 Å². The number of likely N-dealkylation sites (N-methyl/N-ethyl adjacent to an activating group) is 1. The van der Waals surface area contributed by atoms with E-state index in [2.05, 4.69) is 20.9 Å². The number of benzene rings is 2. The maximum absolute atomic E-state index is 13.6. The molecule has 0 N–H and O–H groups in total. The average molecular weight is 464 g/mol. The molecule has 0 bridgehead atoms. The highest BCUT2D eigenvalue weighted by Gasteiger charge is 2.29. The number of anilines is 1. The first kappa shape index (κ1) is 20.6. The van der Waals surface area contributed by atoms with E-state index in [4.69, 9.17) is 4.74 Å². The monoisotopic (exact) mass is 463 g/mol. The Bertz CT molecular complexity index is 1090. The standard InChI is InChI=1S/C20H22BrN3O3S/c1-23(2)10-11-24(17-12-15-6-4-5-7-18(15)22-14-17)28(25,26)20-13-16(21)8-9-19(20)27-3/h4-9,12-14H,10-11H2,1-3H3. The highest BCUT2D eigenvalue weighted by Crippen LogP contribution is 2.32. The minimum Gasteiger partial charge on any atom is -0.495 e. The molecule has 2 aromatic carbocycles. The van der Waals surface area contributed by atoms with Crippen molar-refractivity contribution in [2.24, 2.45) is 0 Å². The molecular weight excluding hydrogens is 442 g/mol. The van der Waals surface area contributed by atoms with Gasteiger partial charge in [0.2, 0.25) is 0 Å². The lowest BCUT2D eigenvalue weighted by Crippen LogP contribution is -2.37. The van der Waals surface area contributed by atoms with E-state index in [1.807, 2.05) is 49.3 Å². The van der Waals surface area contributed by atoms with Crippen molar-refractivity contribution in [2.45, 2.75) is 4.90 Å². The Labute approximate surface area is 173 Å². The average Bonchev–Trinajstić information content (AvgIpc) is 2.67. The van der Waals surface area contributed by atoms with Crippen LogP contribution in [0.1, 0.15) is 0 Å². The molecule has 0 saturated carbocycles. The van der Waals surface area contributed by atoms with Crippen LogP contribution in [0.4, 0.5) is 5.69 Å².